The maximum atomic E-state index is 11.4. The largest absolute Gasteiger partial charge is 0.276 e. The van der Waals surface area contributed by atoms with Crippen LogP contribution in [-0.2, 0) is 4.29 Å². The predicted octanol–water partition coefficient (Wildman–Crippen LogP) is 5.23. The lowest BCUT2D eigenvalue weighted by atomic mass is 10.1. The quantitative estimate of drug-likeness (QED) is 0.520. The van der Waals surface area contributed by atoms with Crippen LogP contribution < -0.4 is 0 Å². The summed E-state index contributed by atoms with van der Waals surface area (Å²) in [6.07, 6.45) is 7.04. The Bertz CT molecular complexity index is 544. The van der Waals surface area contributed by atoms with Crippen molar-refractivity contribution in [3.05, 3.63) is 53.6 Å². The second kappa shape index (κ2) is 8.15. The van der Waals surface area contributed by atoms with Gasteiger partial charge in [0.15, 0.2) is 0 Å². The summed E-state index contributed by atoms with van der Waals surface area (Å²) in [7, 11) is 3.23. The van der Waals surface area contributed by atoms with Crippen LogP contribution in [0.15, 0.2) is 53.0 Å². The van der Waals surface area contributed by atoms with Crippen LogP contribution in [0.2, 0.25) is 0 Å². The van der Waals surface area contributed by atoms with Gasteiger partial charge in [-0.2, -0.15) is 0 Å². The number of rotatable bonds is 6. The molecule has 0 saturated heterocycles. The van der Waals surface area contributed by atoms with E-state index in [1.807, 2.05) is 24.3 Å². The van der Waals surface area contributed by atoms with Gasteiger partial charge in [-0.3, -0.25) is 9.08 Å². The molecule has 0 fully saturated rings. The molecular formula is C14H12Cl2O2S2. The topological polar surface area (TPSA) is 26.3 Å². The summed E-state index contributed by atoms with van der Waals surface area (Å²) in [6, 6.07) is 7.33. The Morgan fingerprint density at radius 1 is 1.40 bits per heavy atom. The molecule has 0 amide bonds. The lowest BCUT2D eigenvalue weighted by Crippen LogP contribution is -2.10. The summed E-state index contributed by atoms with van der Waals surface area (Å²) in [4.78, 5) is 12.2. The van der Waals surface area contributed by atoms with E-state index in [0.717, 1.165) is 16.9 Å². The summed E-state index contributed by atoms with van der Waals surface area (Å²) in [5.74, 6) is 0. The summed E-state index contributed by atoms with van der Waals surface area (Å²) < 4.78 is 4.70. The Kier molecular flexibility index (Phi) is 6.52. The van der Waals surface area contributed by atoms with E-state index in [9.17, 15) is 4.79 Å². The van der Waals surface area contributed by atoms with E-state index in [2.05, 4.69) is 6.08 Å². The highest BCUT2D eigenvalue weighted by atomic mass is 35.5. The molecule has 1 unspecified atom stereocenters. The first kappa shape index (κ1) is 16.0. The molecule has 1 aromatic carbocycles. The molecule has 106 valence electrons. The molecule has 1 aliphatic carbocycles. The number of halogens is 2. The first-order valence-electron chi connectivity index (χ1n) is 5.93. The zero-order valence-electron chi connectivity index (χ0n) is 10.4. The molecule has 2 nitrogen and oxygen atoms in total. The molecule has 0 spiro atoms. The second-order valence-electron chi connectivity index (χ2n) is 4.10. The van der Waals surface area contributed by atoms with Crippen molar-refractivity contribution < 1.29 is 9.08 Å². The van der Waals surface area contributed by atoms with Crippen molar-refractivity contribution in [2.45, 2.75) is 16.6 Å². The summed E-state index contributed by atoms with van der Waals surface area (Å²) in [5, 5.41) is -0.153. The molecule has 0 saturated carbocycles. The minimum atomic E-state index is -0.433. The van der Waals surface area contributed by atoms with Gasteiger partial charge in [-0.15, -0.1) is 0 Å². The Balaban J connectivity index is 2.03. The Hall–Kier alpha value is -0.390. The van der Waals surface area contributed by atoms with Crippen molar-refractivity contribution >= 4 is 50.3 Å². The zero-order chi connectivity index (χ0) is 14.4. The molecule has 0 radical (unpaired) electrons. The minimum absolute atomic E-state index is 0.280. The van der Waals surface area contributed by atoms with Crippen LogP contribution in [0.25, 0.3) is 0 Å². The zero-order valence-corrected chi connectivity index (χ0v) is 13.6. The molecule has 2 rings (SSSR count). The van der Waals surface area contributed by atoms with Crippen molar-refractivity contribution in [3.63, 3.8) is 0 Å². The molecule has 0 N–H and O–H groups in total. The van der Waals surface area contributed by atoms with Crippen LogP contribution in [0.5, 0.6) is 0 Å². The van der Waals surface area contributed by atoms with Crippen LogP contribution in [0.1, 0.15) is 16.8 Å². The van der Waals surface area contributed by atoms with Gasteiger partial charge in [-0.1, -0.05) is 51.9 Å². The third-order valence-corrected chi connectivity index (χ3v) is 5.98. The fourth-order valence-corrected chi connectivity index (χ4v) is 4.88. The fourth-order valence-electron chi connectivity index (χ4n) is 1.77. The summed E-state index contributed by atoms with van der Waals surface area (Å²) >= 11 is 10.9. The van der Waals surface area contributed by atoms with Gasteiger partial charge in [0.2, 0.25) is 0 Å². The number of carbonyl (C=O) groups is 1. The lowest BCUT2D eigenvalue weighted by Gasteiger charge is -2.19. The standard InChI is InChI=1S/C14H12Cl2O2S2/c15-14(17)11-6-2-4-8-13(11)20-19-12-7-3-1-5-10(12)9-18-16/h1-6,8,12H,7,9H2. The lowest BCUT2D eigenvalue weighted by molar-refractivity contribution is 0.107. The van der Waals surface area contributed by atoms with Gasteiger partial charge >= 0.3 is 0 Å². The van der Waals surface area contributed by atoms with Crippen LogP contribution in [0.3, 0.4) is 0 Å². The molecule has 0 aliphatic heterocycles. The first-order valence-corrected chi connectivity index (χ1v) is 8.83. The van der Waals surface area contributed by atoms with Gasteiger partial charge in [0.1, 0.15) is 0 Å². The number of hydrogen-bond donors (Lipinski definition) is 0. The number of allylic oxidation sites excluding steroid dienone is 3. The highest BCUT2D eigenvalue weighted by Gasteiger charge is 2.18. The highest BCUT2D eigenvalue weighted by Crippen LogP contribution is 2.41. The number of hydrogen-bond acceptors (Lipinski definition) is 4. The molecule has 0 heterocycles. The average molecular weight is 347 g/mol. The molecule has 1 aliphatic rings. The third-order valence-electron chi connectivity index (χ3n) is 2.78. The average Bonchev–Trinajstić information content (AvgIpc) is 2.47. The van der Waals surface area contributed by atoms with E-state index in [1.54, 1.807) is 33.7 Å². The number of carbonyl (C=O) groups excluding carboxylic acids is 1. The predicted molar refractivity (Wildman–Crippen MR) is 87.5 cm³/mol. The van der Waals surface area contributed by atoms with Gasteiger partial charge in [0.25, 0.3) is 5.24 Å². The van der Waals surface area contributed by atoms with Gasteiger partial charge in [0.05, 0.1) is 18.5 Å². The maximum Gasteiger partial charge on any atom is 0.253 e. The van der Waals surface area contributed by atoms with E-state index in [1.165, 1.54) is 0 Å². The van der Waals surface area contributed by atoms with Crippen molar-refractivity contribution in [2.75, 3.05) is 6.61 Å². The fraction of sp³-hybridized carbons (Fsp3) is 0.214. The molecule has 0 aromatic heterocycles. The highest BCUT2D eigenvalue weighted by molar-refractivity contribution is 8.77. The van der Waals surface area contributed by atoms with Crippen LogP contribution in [0, 0.1) is 0 Å². The van der Waals surface area contributed by atoms with Crippen LogP contribution >= 0.6 is 45.1 Å². The Morgan fingerprint density at radius 2 is 2.20 bits per heavy atom. The second-order valence-corrected chi connectivity index (χ2v) is 7.10. The van der Waals surface area contributed by atoms with Crippen molar-refractivity contribution in [3.8, 4) is 0 Å². The Morgan fingerprint density at radius 3 is 2.95 bits per heavy atom. The molecule has 6 heteroatoms. The van der Waals surface area contributed by atoms with Gasteiger partial charge < -0.3 is 0 Å². The van der Waals surface area contributed by atoms with Crippen LogP contribution in [-0.4, -0.2) is 17.1 Å². The number of benzene rings is 1. The van der Waals surface area contributed by atoms with E-state index < -0.39 is 5.24 Å². The smallest absolute Gasteiger partial charge is 0.253 e. The van der Waals surface area contributed by atoms with E-state index in [4.69, 9.17) is 27.8 Å². The maximum absolute atomic E-state index is 11.4. The van der Waals surface area contributed by atoms with Crippen LogP contribution in [0.4, 0.5) is 0 Å². The molecule has 1 atom stereocenters. The van der Waals surface area contributed by atoms with Gasteiger partial charge in [0, 0.05) is 15.7 Å². The van der Waals surface area contributed by atoms with Gasteiger partial charge in [-0.05, 0) is 35.7 Å². The first-order chi connectivity index (χ1) is 9.72. The van der Waals surface area contributed by atoms with E-state index in [0.29, 0.717) is 12.2 Å². The van der Waals surface area contributed by atoms with Crippen molar-refractivity contribution in [1.29, 1.82) is 0 Å². The molecular weight excluding hydrogens is 335 g/mol. The van der Waals surface area contributed by atoms with E-state index >= 15 is 0 Å². The molecule has 1 aromatic rings. The molecule has 20 heavy (non-hydrogen) atoms. The summed E-state index contributed by atoms with van der Waals surface area (Å²) in [5.41, 5.74) is 1.67. The van der Waals surface area contributed by atoms with Gasteiger partial charge in [-0.25, -0.2) is 0 Å². The van der Waals surface area contributed by atoms with E-state index in [-0.39, 0.29) is 5.25 Å². The van der Waals surface area contributed by atoms with Crippen molar-refractivity contribution in [2.24, 2.45) is 0 Å². The normalized spacial score (nSPS) is 17.9. The van der Waals surface area contributed by atoms with Crippen molar-refractivity contribution in [1.82, 2.24) is 0 Å². The minimum Gasteiger partial charge on any atom is -0.276 e. The Labute approximate surface area is 136 Å². The molecule has 0 bridgehead atoms. The monoisotopic (exact) mass is 346 g/mol. The SMILES string of the molecule is O=C(Cl)c1ccccc1SSC1CC=CC=C1COCl. The third kappa shape index (κ3) is 4.30. The summed E-state index contributed by atoms with van der Waals surface area (Å²) in [6.45, 7) is 0.403.